The van der Waals surface area contributed by atoms with Crippen molar-refractivity contribution in [2.45, 2.75) is 38.0 Å². The van der Waals surface area contributed by atoms with E-state index in [-0.39, 0.29) is 17.4 Å². The van der Waals surface area contributed by atoms with Gasteiger partial charge in [0.15, 0.2) is 0 Å². The minimum absolute atomic E-state index is 0.227. The van der Waals surface area contributed by atoms with Gasteiger partial charge in [-0.3, -0.25) is 9.48 Å². The van der Waals surface area contributed by atoms with Crippen molar-refractivity contribution in [2.24, 2.45) is 0 Å². The summed E-state index contributed by atoms with van der Waals surface area (Å²) in [5, 5.41) is 18.3. The van der Waals surface area contributed by atoms with Crippen LogP contribution in [0.4, 0.5) is 0 Å². The minimum Gasteiger partial charge on any atom is -0.386 e. The summed E-state index contributed by atoms with van der Waals surface area (Å²) in [6, 6.07) is 3.36. The normalized spacial score (nSPS) is 18.6. The number of aliphatic hydroxyl groups excluding tert-OH is 1. The van der Waals surface area contributed by atoms with Crippen LogP contribution in [0.1, 0.15) is 52.5 Å². The zero-order valence-corrected chi connectivity index (χ0v) is 15.1. The third-order valence-electron chi connectivity index (χ3n) is 4.64. The van der Waals surface area contributed by atoms with Crippen molar-refractivity contribution in [1.29, 1.82) is 0 Å². The second-order valence-corrected chi connectivity index (χ2v) is 9.19. The molecule has 0 spiro atoms. The standard InChI is InChI=1S/C16H20N4O5S/c1-26(23,24)9-14(21)13-6-11-8-19(4-5-20(11)17-13)16(22)15-7-12(18-25-15)10-2-3-10/h6-7,10,14,21H,2-5,8-9H2,1H3/t14-/m1/s1. The molecule has 1 aliphatic carbocycles. The summed E-state index contributed by atoms with van der Waals surface area (Å²) in [5.74, 6) is 0.0444. The summed E-state index contributed by atoms with van der Waals surface area (Å²) >= 11 is 0. The van der Waals surface area contributed by atoms with Crippen LogP contribution < -0.4 is 0 Å². The predicted octanol–water partition coefficient (Wildman–Crippen LogP) is 0.482. The third-order valence-corrected chi connectivity index (χ3v) is 5.56. The number of hydrogen-bond donors (Lipinski definition) is 1. The number of sulfone groups is 1. The average molecular weight is 380 g/mol. The van der Waals surface area contributed by atoms with E-state index in [0.717, 1.165) is 30.5 Å². The second kappa shape index (κ2) is 6.20. The molecule has 1 fully saturated rings. The van der Waals surface area contributed by atoms with Gasteiger partial charge in [0.2, 0.25) is 5.76 Å². The molecule has 0 aromatic carbocycles. The lowest BCUT2D eigenvalue weighted by Gasteiger charge is -2.26. The fourth-order valence-corrected chi connectivity index (χ4v) is 3.86. The number of fused-ring (bicyclic) bond motifs is 1. The van der Waals surface area contributed by atoms with E-state index in [2.05, 4.69) is 10.3 Å². The van der Waals surface area contributed by atoms with E-state index in [1.54, 1.807) is 21.7 Å². The molecule has 9 nitrogen and oxygen atoms in total. The molecule has 2 aromatic heterocycles. The van der Waals surface area contributed by atoms with E-state index in [0.29, 0.717) is 31.2 Å². The van der Waals surface area contributed by atoms with Gasteiger partial charge >= 0.3 is 0 Å². The zero-order chi connectivity index (χ0) is 18.5. The van der Waals surface area contributed by atoms with E-state index in [9.17, 15) is 18.3 Å². The number of aliphatic hydroxyl groups is 1. The first-order chi connectivity index (χ1) is 12.3. The van der Waals surface area contributed by atoms with Crippen LogP contribution in [0.25, 0.3) is 0 Å². The maximum absolute atomic E-state index is 12.6. The van der Waals surface area contributed by atoms with Gasteiger partial charge in [-0.15, -0.1) is 0 Å². The van der Waals surface area contributed by atoms with Crippen LogP contribution in [-0.4, -0.2) is 57.8 Å². The van der Waals surface area contributed by atoms with Gasteiger partial charge in [-0.05, 0) is 18.9 Å². The highest BCUT2D eigenvalue weighted by molar-refractivity contribution is 7.90. The fourth-order valence-electron chi connectivity index (χ4n) is 3.11. The highest BCUT2D eigenvalue weighted by Crippen LogP contribution is 2.39. The maximum Gasteiger partial charge on any atom is 0.292 e. The summed E-state index contributed by atoms with van der Waals surface area (Å²) in [6.07, 6.45) is 2.06. The lowest BCUT2D eigenvalue weighted by Crippen LogP contribution is -2.38. The molecule has 1 atom stereocenters. The topological polar surface area (TPSA) is 119 Å². The lowest BCUT2D eigenvalue weighted by molar-refractivity contribution is 0.0663. The Hall–Kier alpha value is -2.20. The van der Waals surface area contributed by atoms with E-state index < -0.39 is 15.9 Å². The van der Waals surface area contributed by atoms with Gasteiger partial charge in [0.25, 0.3) is 5.91 Å². The van der Waals surface area contributed by atoms with Crippen LogP contribution in [0, 0.1) is 0 Å². The number of aromatic nitrogens is 3. The number of carbonyl (C=O) groups excluding carboxylic acids is 1. The number of nitrogens with zero attached hydrogens (tertiary/aromatic N) is 4. The molecule has 2 aromatic rings. The first-order valence-electron chi connectivity index (χ1n) is 8.48. The SMILES string of the molecule is CS(=O)(=O)C[C@@H](O)c1cc2n(n1)CCN(C(=O)c1cc(C3CC3)no1)C2. The quantitative estimate of drug-likeness (QED) is 0.801. The van der Waals surface area contributed by atoms with Gasteiger partial charge in [-0.25, -0.2) is 8.42 Å². The first kappa shape index (κ1) is 17.2. The lowest BCUT2D eigenvalue weighted by atomic mass is 10.2. The van der Waals surface area contributed by atoms with E-state index in [1.165, 1.54) is 0 Å². The third kappa shape index (κ3) is 3.51. The Kier molecular flexibility index (Phi) is 4.11. The molecule has 0 radical (unpaired) electrons. The molecule has 4 rings (SSSR count). The van der Waals surface area contributed by atoms with Crippen LogP contribution in [0.5, 0.6) is 0 Å². The van der Waals surface area contributed by atoms with Gasteiger partial charge in [-0.2, -0.15) is 5.10 Å². The van der Waals surface area contributed by atoms with Gasteiger partial charge in [0.1, 0.15) is 15.9 Å². The summed E-state index contributed by atoms with van der Waals surface area (Å²) in [4.78, 5) is 14.3. The summed E-state index contributed by atoms with van der Waals surface area (Å²) in [6.45, 7) is 1.24. The molecule has 1 saturated carbocycles. The van der Waals surface area contributed by atoms with Crippen LogP contribution in [0.15, 0.2) is 16.7 Å². The van der Waals surface area contributed by atoms with Crippen molar-refractivity contribution < 1.29 is 22.8 Å². The average Bonchev–Trinajstić information content (AvgIpc) is 3.15. The Morgan fingerprint density at radius 3 is 2.85 bits per heavy atom. The Morgan fingerprint density at radius 2 is 2.15 bits per heavy atom. The van der Waals surface area contributed by atoms with E-state index in [4.69, 9.17) is 4.52 Å². The molecule has 3 heterocycles. The molecule has 140 valence electrons. The Bertz CT molecular complexity index is 944. The molecule has 1 N–H and O–H groups in total. The number of carbonyl (C=O) groups is 1. The second-order valence-electron chi connectivity index (χ2n) is 7.01. The molecule has 26 heavy (non-hydrogen) atoms. The Labute approximate surface area is 150 Å². The molecule has 10 heteroatoms. The van der Waals surface area contributed by atoms with Gasteiger partial charge in [0, 0.05) is 24.8 Å². The summed E-state index contributed by atoms with van der Waals surface area (Å²) < 4.78 is 29.6. The van der Waals surface area contributed by atoms with E-state index >= 15 is 0 Å². The Balaban J connectivity index is 1.47. The van der Waals surface area contributed by atoms with Crippen molar-refractivity contribution in [3.63, 3.8) is 0 Å². The predicted molar refractivity (Wildman–Crippen MR) is 90.1 cm³/mol. The highest BCUT2D eigenvalue weighted by atomic mass is 32.2. The van der Waals surface area contributed by atoms with Gasteiger partial charge in [0.05, 0.1) is 35.9 Å². The van der Waals surface area contributed by atoms with Crippen molar-refractivity contribution in [3.05, 3.63) is 35.0 Å². The van der Waals surface area contributed by atoms with Crippen LogP contribution in [0.2, 0.25) is 0 Å². The Morgan fingerprint density at radius 1 is 1.38 bits per heavy atom. The van der Waals surface area contributed by atoms with Gasteiger partial charge in [-0.1, -0.05) is 5.16 Å². The molecule has 0 unspecified atom stereocenters. The molecule has 1 amide bonds. The summed E-state index contributed by atoms with van der Waals surface area (Å²) in [7, 11) is -3.32. The summed E-state index contributed by atoms with van der Waals surface area (Å²) in [5.41, 5.74) is 1.88. The van der Waals surface area contributed by atoms with Crippen molar-refractivity contribution in [1.82, 2.24) is 19.8 Å². The van der Waals surface area contributed by atoms with Gasteiger partial charge < -0.3 is 14.5 Å². The number of rotatable bonds is 5. The smallest absolute Gasteiger partial charge is 0.292 e. The van der Waals surface area contributed by atoms with Crippen LogP contribution in [-0.2, 0) is 22.9 Å². The minimum atomic E-state index is -3.32. The van der Waals surface area contributed by atoms with Crippen molar-refractivity contribution >= 4 is 15.7 Å². The molecular weight excluding hydrogens is 360 g/mol. The number of hydrogen-bond acceptors (Lipinski definition) is 7. The van der Waals surface area contributed by atoms with E-state index in [1.807, 2.05) is 0 Å². The maximum atomic E-state index is 12.6. The molecular formula is C16H20N4O5S. The van der Waals surface area contributed by atoms with Crippen molar-refractivity contribution in [2.75, 3.05) is 18.6 Å². The van der Waals surface area contributed by atoms with Crippen molar-refractivity contribution in [3.8, 4) is 0 Å². The van der Waals surface area contributed by atoms with Crippen LogP contribution >= 0.6 is 0 Å². The largest absolute Gasteiger partial charge is 0.386 e. The molecule has 0 bridgehead atoms. The number of amides is 1. The fraction of sp³-hybridized carbons (Fsp3) is 0.562. The highest BCUT2D eigenvalue weighted by Gasteiger charge is 2.31. The zero-order valence-electron chi connectivity index (χ0n) is 14.3. The molecule has 0 saturated heterocycles. The molecule has 2 aliphatic rings. The van der Waals surface area contributed by atoms with Crippen LogP contribution in [0.3, 0.4) is 0 Å². The first-order valence-corrected chi connectivity index (χ1v) is 10.5. The monoisotopic (exact) mass is 380 g/mol. The molecule has 1 aliphatic heterocycles.